The summed E-state index contributed by atoms with van der Waals surface area (Å²) in [5.41, 5.74) is -0.820. The molecule has 2 unspecified atom stereocenters. The molecular weight excluding hydrogens is 352 g/mol. The molecule has 1 N–H and O–H groups in total. The van der Waals surface area contributed by atoms with Crippen molar-refractivity contribution >= 4 is 11.8 Å². The topological polar surface area (TPSA) is 63.6 Å². The zero-order chi connectivity index (χ0) is 20.2. The summed E-state index contributed by atoms with van der Waals surface area (Å²) in [5, 5.41) is 11.6. The number of carbonyl (C=O) groups excluding carboxylic acids is 2. The first-order chi connectivity index (χ1) is 13.2. The van der Waals surface area contributed by atoms with Crippen LogP contribution in [0.1, 0.15) is 91.4 Å². The van der Waals surface area contributed by atoms with Gasteiger partial charge >= 0.3 is 5.97 Å². The molecule has 0 amide bonds. The third-order valence-electron chi connectivity index (χ3n) is 9.71. The predicted octanol–water partition coefficient (Wildman–Crippen LogP) is 4.67. The van der Waals surface area contributed by atoms with Gasteiger partial charge in [-0.25, -0.2) is 0 Å². The summed E-state index contributed by atoms with van der Waals surface area (Å²) in [6, 6.07) is 0. The van der Waals surface area contributed by atoms with Crippen LogP contribution in [-0.2, 0) is 14.3 Å². The molecule has 0 aliphatic heterocycles. The maximum Gasteiger partial charge on any atom is 0.308 e. The summed E-state index contributed by atoms with van der Waals surface area (Å²) in [6.45, 7) is 7.13. The van der Waals surface area contributed by atoms with Crippen LogP contribution in [0.2, 0.25) is 0 Å². The van der Waals surface area contributed by atoms with Gasteiger partial charge in [-0.3, -0.25) is 9.59 Å². The Hall–Kier alpha value is -0.900. The van der Waals surface area contributed by atoms with Crippen LogP contribution in [-0.4, -0.2) is 29.1 Å². The zero-order valence-corrected chi connectivity index (χ0v) is 18.0. The van der Waals surface area contributed by atoms with Crippen molar-refractivity contribution in [3.05, 3.63) is 0 Å². The second-order valence-corrected chi connectivity index (χ2v) is 10.8. The van der Waals surface area contributed by atoms with Crippen molar-refractivity contribution in [3.63, 3.8) is 0 Å². The summed E-state index contributed by atoms with van der Waals surface area (Å²) in [6.07, 6.45) is 9.77. The second-order valence-electron chi connectivity index (χ2n) is 10.8. The Morgan fingerprint density at radius 1 is 1.11 bits per heavy atom. The van der Waals surface area contributed by atoms with Crippen LogP contribution in [0.15, 0.2) is 0 Å². The average molecular weight is 391 g/mol. The molecule has 4 fully saturated rings. The summed E-state index contributed by atoms with van der Waals surface area (Å²) >= 11 is 0. The Kier molecular flexibility index (Phi) is 5.17. The summed E-state index contributed by atoms with van der Waals surface area (Å²) < 4.78 is 5.32. The van der Waals surface area contributed by atoms with Gasteiger partial charge in [0.25, 0.3) is 0 Å². The van der Waals surface area contributed by atoms with E-state index < -0.39 is 5.60 Å². The standard InChI is InChI=1S/C24H38O4/c1-4-13-28-21(26)15-24(27)12-9-20-18-6-5-16-14-17(25)7-10-22(16,2)19(18)8-11-23(20,24)3/h16,18-20,27H,4-15H2,1-3H3/t16?,18-,19-,20+,22+,23+,24?/m1/s1. The smallest absolute Gasteiger partial charge is 0.308 e. The molecule has 0 aromatic heterocycles. The van der Waals surface area contributed by atoms with E-state index in [0.29, 0.717) is 41.5 Å². The molecule has 0 aromatic rings. The highest BCUT2D eigenvalue weighted by Gasteiger charge is 2.64. The van der Waals surface area contributed by atoms with Gasteiger partial charge in [-0.15, -0.1) is 0 Å². The summed E-state index contributed by atoms with van der Waals surface area (Å²) in [4.78, 5) is 24.4. The van der Waals surface area contributed by atoms with Crippen LogP contribution in [0.25, 0.3) is 0 Å². The lowest BCUT2D eigenvalue weighted by Crippen LogP contribution is -2.57. The van der Waals surface area contributed by atoms with Gasteiger partial charge in [0.15, 0.2) is 0 Å². The molecule has 4 saturated carbocycles. The molecule has 158 valence electrons. The van der Waals surface area contributed by atoms with Gasteiger partial charge < -0.3 is 9.84 Å². The quantitative estimate of drug-likeness (QED) is 0.708. The Morgan fingerprint density at radius 2 is 1.86 bits per heavy atom. The Labute approximate surface area is 169 Å². The van der Waals surface area contributed by atoms with Crippen molar-refractivity contribution in [1.82, 2.24) is 0 Å². The highest BCUT2D eigenvalue weighted by atomic mass is 16.5. The molecule has 28 heavy (non-hydrogen) atoms. The van der Waals surface area contributed by atoms with E-state index in [-0.39, 0.29) is 17.8 Å². The van der Waals surface area contributed by atoms with Gasteiger partial charge in [0.2, 0.25) is 0 Å². The zero-order valence-electron chi connectivity index (χ0n) is 18.0. The molecule has 4 aliphatic carbocycles. The second kappa shape index (κ2) is 7.11. The monoisotopic (exact) mass is 390 g/mol. The molecule has 0 spiro atoms. The first-order valence-electron chi connectivity index (χ1n) is 11.6. The number of rotatable bonds is 4. The molecule has 0 bridgehead atoms. The average Bonchev–Trinajstić information content (AvgIpc) is 2.91. The van der Waals surface area contributed by atoms with Crippen molar-refractivity contribution in [2.24, 2.45) is 34.5 Å². The van der Waals surface area contributed by atoms with Crippen LogP contribution in [0.3, 0.4) is 0 Å². The number of Topliss-reactive ketones (excluding diaryl/α,β-unsaturated/α-hetero) is 1. The Balaban J connectivity index is 1.53. The molecular formula is C24H38O4. The van der Waals surface area contributed by atoms with E-state index in [9.17, 15) is 14.7 Å². The number of hydrogen-bond donors (Lipinski definition) is 1. The van der Waals surface area contributed by atoms with E-state index in [1.807, 2.05) is 6.92 Å². The van der Waals surface area contributed by atoms with Crippen molar-refractivity contribution in [3.8, 4) is 0 Å². The van der Waals surface area contributed by atoms with Crippen molar-refractivity contribution < 1.29 is 19.4 Å². The number of ketones is 1. The lowest BCUT2D eigenvalue weighted by molar-refractivity contribution is -0.171. The van der Waals surface area contributed by atoms with E-state index in [1.165, 1.54) is 6.42 Å². The molecule has 7 atom stereocenters. The largest absolute Gasteiger partial charge is 0.466 e. The highest BCUT2D eigenvalue weighted by molar-refractivity contribution is 5.79. The maximum absolute atomic E-state index is 12.3. The summed E-state index contributed by atoms with van der Waals surface area (Å²) in [7, 11) is 0. The van der Waals surface area contributed by atoms with E-state index in [0.717, 1.165) is 57.8 Å². The highest BCUT2D eigenvalue weighted by Crippen LogP contribution is 2.68. The molecule has 4 nitrogen and oxygen atoms in total. The fourth-order valence-corrected chi connectivity index (χ4v) is 7.95. The molecule has 0 radical (unpaired) electrons. The van der Waals surface area contributed by atoms with E-state index in [1.54, 1.807) is 0 Å². The third kappa shape index (κ3) is 2.97. The minimum atomic E-state index is -0.923. The van der Waals surface area contributed by atoms with Crippen LogP contribution in [0.5, 0.6) is 0 Å². The predicted molar refractivity (Wildman–Crippen MR) is 108 cm³/mol. The number of carbonyl (C=O) groups is 2. The molecule has 4 rings (SSSR count). The first-order valence-corrected chi connectivity index (χ1v) is 11.6. The molecule has 0 aromatic carbocycles. The number of ether oxygens (including phenoxy) is 1. The number of fused-ring (bicyclic) bond motifs is 5. The Bertz CT molecular complexity index is 645. The van der Waals surface area contributed by atoms with Gasteiger partial charge in [-0.2, -0.15) is 0 Å². The van der Waals surface area contributed by atoms with Crippen LogP contribution >= 0.6 is 0 Å². The lowest BCUT2D eigenvalue weighted by atomic mass is 9.44. The van der Waals surface area contributed by atoms with Gasteiger partial charge in [-0.05, 0) is 85.9 Å². The summed E-state index contributed by atoms with van der Waals surface area (Å²) in [5.74, 6) is 2.58. The first kappa shape index (κ1) is 20.4. The van der Waals surface area contributed by atoms with E-state index >= 15 is 0 Å². The number of esters is 1. The van der Waals surface area contributed by atoms with E-state index in [4.69, 9.17) is 4.74 Å². The van der Waals surface area contributed by atoms with Gasteiger partial charge in [0.05, 0.1) is 18.6 Å². The normalized spacial score (nSPS) is 47.8. The Morgan fingerprint density at radius 3 is 2.61 bits per heavy atom. The van der Waals surface area contributed by atoms with Crippen LogP contribution in [0, 0.1) is 34.5 Å². The number of hydrogen-bond acceptors (Lipinski definition) is 4. The SMILES string of the molecule is CCCOC(=O)CC1(O)CC[C@H]2[C@@H]3CCC4CC(=O)CC[C@]4(C)[C@@H]3CC[C@@]21C. The van der Waals surface area contributed by atoms with Crippen molar-refractivity contribution in [2.75, 3.05) is 6.61 Å². The van der Waals surface area contributed by atoms with E-state index in [2.05, 4.69) is 13.8 Å². The lowest BCUT2D eigenvalue weighted by Gasteiger charge is -2.61. The third-order valence-corrected chi connectivity index (χ3v) is 9.71. The maximum atomic E-state index is 12.3. The minimum absolute atomic E-state index is 0.145. The molecule has 4 aliphatic rings. The minimum Gasteiger partial charge on any atom is -0.466 e. The van der Waals surface area contributed by atoms with Gasteiger partial charge in [0.1, 0.15) is 5.78 Å². The van der Waals surface area contributed by atoms with Gasteiger partial charge in [-0.1, -0.05) is 20.8 Å². The van der Waals surface area contributed by atoms with Gasteiger partial charge in [0, 0.05) is 12.8 Å². The fourth-order valence-electron chi connectivity index (χ4n) is 7.95. The molecule has 0 saturated heterocycles. The molecule has 0 heterocycles. The molecule has 4 heteroatoms. The van der Waals surface area contributed by atoms with Crippen molar-refractivity contribution in [1.29, 1.82) is 0 Å². The fraction of sp³-hybridized carbons (Fsp3) is 0.917. The van der Waals surface area contributed by atoms with Crippen molar-refractivity contribution in [2.45, 2.75) is 97.0 Å². The van der Waals surface area contributed by atoms with Crippen LogP contribution < -0.4 is 0 Å². The van der Waals surface area contributed by atoms with Crippen LogP contribution in [0.4, 0.5) is 0 Å². The number of aliphatic hydroxyl groups is 1.